The number of sulfonamides is 1. The molecule has 1 aromatic carbocycles. The van der Waals surface area contributed by atoms with Crippen LogP contribution in [0.25, 0.3) is 11.5 Å². The minimum absolute atomic E-state index is 0.0962. The molecule has 1 atom stereocenters. The Hall–Kier alpha value is -2.30. The number of hydrogen-bond acceptors (Lipinski definition) is 7. The molecule has 1 amide bonds. The summed E-state index contributed by atoms with van der Waals surface area (Å²) in [6, 6.07) is 6.68. The average molecular weight is 448 g/mol. The first-order valence-corrected chi connectivity index (χ1v) is 12.4. The molecule has 31 heavy (non-hydrogen) atoms. The van der Waals surface area contributed by atoms with Crippen LogP contribution in [0.15, 0.2) is 33.6 Å². The van der Waals surface area contributed by atoms with E-state index in [-0.39, 0.29) is 16.7 Å². The summed E-state index contributed by atoms with van der Waals surface area (Å²) < 4.78 is 32.6. The first kappa shape index (κ1) is 21.9. The van der Waals surface area contributed by atoms with Gasteiger partial charge in [-0.15, -0.1) is 10.2 Å². The third kappa shape index (κ3) is 4.81. The van der Waals surface area contributed by atoms with Crippen LogP contribution in [-0.4, -0.2) is 72.5 Å². The molecule has 0 bridgehead atoms. The molecule has 4 rings (SSSR count). The Balaban J connectivity index is 1.40. The molecule has 168 valence electrons. The van der Waals surface area contributed by atoms with Crippen molar-refractivity contribution in [3.05, 3.63) is 30.2 Å². The largest absolute Gasteiger partial charge is 0.412 e. The second-order valence-electron chi connectivity index (χ2n) is 8.04. The number of rotatable bonds is 7. The summed E-state index contributed by atoms with van der Waals surface area (Å²) in [4.78, 5) is 15.0. The maximum atomic E-state index is 12.8. The van der Waals surface area contributed by atoms with Gasteiger partial charge in [-0.3, -0.25) is 9.69 Å². The predicted molar refractivity (Wildman–Crippen MR) is 115 cm³/mol. The summed E-state index contributed by atoms with van der Waals surface area (Å²) in [5.74, 6) is -0.310. The van der Waals surface area contributed by atoms with Crippen molar-refractivity contribution in [2.24, 2.45) is 0 Å². The highest BCUT2D eigenvalue weighted by atomic mass is 32.2. The van der Waals surface area contributed by atoms with Crippen LogP contribution in [0.4, 0.5) is 0 Å². The van der Waals surface area contributed by atoms with Crippen LogP contribution in [0, 0.1) is 0 Å². The summed E-state index contributed by atoms with van der Waals surface area (Å²) >= 11 is 0. The van der Waals surface area contributed by atoms with E-state index in [1.807, 2.05) is 0 Å². The second kappa shape index (κ2) is 9.46. The highest BCUT2D eigenvalue weighted by molar-refractivity contribution is 7.89. The van der Waals surface area contributed by atoms with Gasteiger partial charge in [0, 0.05) is 31.2 Å². The minimum atomic E-state index is -3.49. The van der Waals surface area contributed by atoms with E-state index in [1.165, 1.54) is 4.31 Å². The molecule has 2 saturated heterocycles. The number of piperidine rings is 1. The van der Waals surface area contributed by atoms with Crippen LogP contribution in [-0.2, 0) is 10.0 Å². The molecule has 0 unspecified atom stereocenters. The molecular weight excluding hydrogens is 418 g/mol. The van der Waals surface area contributed by atoms with E-state index in [9.17, 15) is 13.2 Å². The minimum Gasteiger partial charge on any atom is -0.412 e. The summed E-state index contributed by atoms with van der Waals surface area (Å²) in [6.45, 7) is 5.81. The van der Waals surface area contributed by atoms with Crippen molar-refractivity contribution >= 4 is 15.9 Å². The van der Waals surface area contributed by atoms with Crippen molar-refractivity contribution in [1.29, 1.82) is 0 Å². The molecule has 0 spiro atoms. The average Bonchev–Trinajstić information content (AvgIpc) is 3.48. The van der Waals surface area contributed by atoms with Gasteiger partial charge in [-0.05, 0) is 63.0 Å². The fraction of sp³-hybridized carbons (Fsp3) is 0.571. The van der Waals surface area contributed by atoms with Crippen LogP contribution >= 0.6 is 0 Å². The highest BCUT2D eigenvalue weighted by Gasteiger charge is 2.27. The smallest absolute Gasteiger partial charge is 0.308 e. The van der Waals surface area contributed by atoms with E-state index < -0.39 is 15.9 Å². The van der Waals surface area contributed by atoms with Crippen molar-refractivity contribution in [2.75, 3.05) is 32.7 Å². The van der Waals surface area contributed by atoms with Crippen molar-refractivity contribution < 1.29 is 17.6 Å². The molecule has 2 aliphatic rings. The standard InChI is InChI=1S/C21H29N5O4S/c1-2-25-12-6-7-17(25)15-22-19(27)21-24-23-20(30-21)16-8-10-18(11-9-16)31(28,29)26-13-4-3-5-14-26/h8-11,17H,2-7,12-15H2,1H3,(H,22,27)/t17-/m0/s1. The molecule has 1 N–H and O–H groups in total. The quantitative estimate of drug-likeness (QED) is 0.692. The number of likely N-dealkylation sites (N-methyl/N-ethyl adjacent to an activating group) is 1. The number of amides is 1. The van der Waals surface area contributed by atoms with E-state index in [0.717, 1.165) is 45.2 Å². The Labute approximate surface area is 182 Å². The molecule has 0 aliphatic carbocycles. The van der Waals surface area contributed by atoms with Gasteiger partial charge in [-0.1, -0.05) is 13.3 Å². The number of hydrogen-bond donors (Lipinski definition) is 1. The lowest BCUT2D eigenvalue weighted by Gasteiger charge is -2.25. The lowest BCUT2D eigenvalue weighted by atomic mass is 10.2. The van der Waals surface area contributed by atoms with E-state index in [4.69, 9.17) is 4.42 Å². The zero-order chi connectivity index (χ0) is 21.8. The molecule has 9 nitrogen and oxygen atoms in total. The van der Waals surface area contributed by atoms with Crippen molar-refractivity contribution in [2.45, 2.75) is 50.0 Å². The first-order chi connectivity index (χ1) is 15.0. The van der Waals surface area contributed by atoms with Gasteiger partial charge >= 0.3 is 11.8 Å². The fourth-order valence-electron chi connectivity index (χ4n) is 4.28. The Morgan fingerprint density at radius 2 is 1.84 bits per heavy atom. The monoisotopic (exact) mass is 447 g/mol. The zero-order valence-electron chi connectivity index (χ0n) is 17.8. The van der Waals surface area contributed by atoms with Gasteiger partial charge in [0.2, 0.25) is 15.9 Å². The Bertz CT molecular complexity index is 999. The lowest BCUT2D eigenvalue weighted by molar-refractivity contribution is 0.0907. The van der Waals surface area contributed by atoms with Crippen molar-refractivity contribution in [3.8, 4) is 11.5 Å². The van der Waals surface area contributed by atoms with Crippen LogP contribution in [0.2, 0.25) is 0 Å². The highest BCUT2D eigenvalue weighted by Crippen LogP contribution is 2.24. The molecule has 0 saturated carbocycles. The maximum Gasteiger partial charge on any atom is 0.308 e. The molecule has 2 aliphatic heterocycles. The molecule has 10 heteroatoms. The normalized spacial score (nSPS) is 20.7. The van der Waals surface area contributed by atoms with Crippen LogP contribution in [0.1, 0.15) is 49.7 Å². The van der Waals surface area contributed by atoms with Gasteiger partial charge in [-0.25, -0.2) is 8.42 Å². The Morgan fingerprint density at radius 3 is 2.55 bits per heavy atom. The van der Waals surface area contributed by atoms with Gasteiger partial charge in [0.05, 0.1) is 4.90 Å². The molecule has 0 radical (unpaired) electrons. The van der Waals surface area contributed by atoms with Gasteiger partial charge in [0.25, 0.3) is 0 Å². The number of carbonyl (C=O) groups excluding carboxylic acids is 1. The summed E-state index contributed by atoms with van der Waals surface area (Å²) in [6.07, 6.45) is 5.05. The Morgan fingerprint density at radius 1 is 1.10 bits per heavy atom. The summed E-state index contributed by atoms with van der Waals surface area (Å²) in [7, 11) is -3.49. The predicted octanol–water partition coefficient (Wildman–Crippen LogP) is 2.13. The lowest BCUT2D eigenvalue weighted by Crippen LogP contribution is -2.40. The second-order valence-corrected chi connectivity index (χ2v) is 9.97. The summed E-state index contributed by atoms with van der Waals surface area (Å²) in [5, 5.41) is 10.7. The van der Waals surface area contributed by atoms with Crippen molar-refractivity contribution in [3.63, 3.8) is 0 Å². The van der Waals surface area contributed by atoms with E-state index in [2.05, 4.69) is 27.3 Å². The summed E-state index contributed by atoms with van der Waals surface area (Å²) in [5.41, 5.74) is 0.567. The third-order valence-corrected chi connectivity index (χ3v) is 7.99. The van der Waals surface area contributed by atoms with Gasteiger partial charge in [0.15, 0.2) is 0 Å². The van der Waals surface area contributed by atoms with E-state index in [1.54, 1.807) is 24.3 Å². The number of aromatic nitrogens is 2. The van der Waals surface area contributed by atoms with Crippen LogP contribution in [0.5, 0.6) is 0 Å². The van der Waals surface area contributed by atoms with Crippen molar-refractivity contribution in [1.82, 2.24) is 24.7 Å². The number of carbonyl (C=O) groups is 1. The molecule has 3 heterocycles. The van der Waals surface area contributed by atoms with Gasteiger partial charge < -0.3 is 9.73 Å². The zero-order valence-corrected chi connectivity index (χ0v) is 18.6. The van der Waals surface area contributed by atoms with Crippen LogP contribution < -0.4 is 5.32 Å². The fourth-order valence-corrected chi connectivity index (χ4v) is 5.80. The van der Waals surface area contributed by atoms with Gasteiger partial charge in [0.1, 0.15) is 0 Å². The molecule has 1 aromatic heterocycles. The first-order valence-electron chi connectivity index (χ1n) is 11.0. The van der Waals surface area contributed by atoms with E-state index in [0.29, 0.717) is 31.2 Å². The van der Waals surface area contributed by atoms with E-state index >= 15 is 0 Å². The molecule has 2 aromatic rings. The Kier molecular flexibility index (Phi) is 6.68. The number of benzene rings is 1. The number of nitrogens with one attached hydrogen (secondary N) is 1. The number of nitrogens with zero attached hydrogens (tertiary/aromatic N) is 4. The number of likely N-dealkylation sites (tertiary alicyclic amines) is 1. The maximum absolute atomic E-state index is 12.8. The molecular formula is C21H29N5O4S. The molecule has 2 fully saturated rings. The SMILES string of the molecule is CCN1CCC[C@H]1CNC(=O)c1nnc(-c2ccc(S(=O)(=O)N3CCCCC3)cc2)o1. The van der Waals surface area contributed by atoms with Gasteiger partial charge in [-0.2, -0.15) is 4.31 Å². The topological polar surface area (TPSA) is 109 Å². The third-order valence-electron chi connectivity index (χ3n) is 6.08. The van der Waals surface area contributed by atoms with Crippen LogP contribution in [0.3, 0.4) is 0 Å².